The molecular weight excluding hydrogens is 238 g/mol. The Kier molecular flexibility index (Phi) is 5.10. The van der Waals surface area contributed by atoms with Gasteiger partial charge in [0.1, 0.15) is 0 Å². The van der Waals surface area contributed by atoms with E-state index in [-0.39, 0.29) is 0 Å². The Morgan fingerprint density at radius 2 is 2.16 bits per heavy atom. The van der Waals surface area contributed by atoms with E-state index in [2.05, 4.69) is 58.3 Å². The lowest BCUT2D eigenvalue weighted by Gasteiger charge is -2.38. The number of nitrogens with one attached hydrogen (secondary N) is 1. The van der Waals surface area contributed by atoms with Crippen molar-refractivity contribution in [3.8, 4) is 0 Å². The maximum absolute atomic E-state index is 4.36. The third-order valence-electron chi connectivity index (χ3n) is 3.72. The lowest BCUT2D eigenvalue weighted by atomic mass is 10.2. The molecule has 1 unspecified atom stereocenters. The maximum Gasteiger partial charge on any atom is 0.151 e. The van der Waals surface area contributed by atoms with Crippen molar-refractivity contribution in [3.63, 3.8) is 0 Å². The summed E-state index contributed by atoms with van der Waals surface area (Å²) in [4.78, 5) is 4.70. The van der Waals surface area contributed by atoms with E-state index in [1.54, 1.807) is 0 Å². The molecule has 1 fully saturated rings. The van der Waals surface area contributed by atoms with Crippen molar-refractivity contribution in [3.05, 3.63) is 17.8 Å². The minimum Gasteiger partial charge on any atom is -0.352 e. The molecule has 5 nitrogen and oxygen atoms in total. The Bertz CT molecular complexity index is 378. The van der Waals surface area contributed by atoms with Crippen LogP contribution in [0.15, 0.2) is 12.1 Å². The number of anilines is 1. The molecule has 1 aromatic rings. The number of hydrogen-bond donors (Lipinski definition) is 1. The molecular formula is C14H25N5. The summed E-state index contributed by atoms with van der Waals surface area (Å²) in [6.45, 7) is 9.39. The van der Waals surface area contributed by atoms with E-state index in [1.165, 1.54) is 0 Å². The van der Waals surface area contributed by atoms with Gasteiger partial charge in [0, 0.05) is 32.2 Å². The van der Waals surface area contributed by atoms with Gasteiger partial charge >= 0.3 is 0 Å². The molecule has 1 saturated heterocycles. The largest absolute Gasteiger partial charge is 0.352 e. The van der Waals surface area contributed by atoms with Crippen molar-refractivity contribution in [2.24, 2.45) is 0 Å². The molecule has 2 heterocycles. The third kappa shape index (κ3) is 3.88. The zero-order chi connectivity index (χ0) is 13.7. The first-order chi connectivity index (χ1) is 9.20. The molecule has 0 saturated carbocycles. The zero-order valence-electron chi connectivity index (χ0n) is 12.3. The second kappa shape index (κ2) is 6.82. The molecule has 0 aromatic carbocycles. The average Bonchev–Trinajstić information content (AvgIpc) is 2.43. The number of aromatic nitrogens is 2. The highest BCUT2D eigenvalue weighted by molar-refractivity contribution is 5.38. The second-order valence-corrected chi connectivity index (χ2v) is 5.34. The Morgan fingerprint density at radius 3 is 2.79 bits per heavy atom. The number of rotatable bonds is 5. The van der Waals surface area contributed by atoms with Crippen LogP contribution in [0.5, 0.6) is 0 Å². The van der Waals surface area contributed by atoms with Crippen LogP contribution in [0.3, 0.4) is 0 Å². The van der Waals surface area contributed by atoms with Gasteiger partial charge in [0.2, 0.25) is 0 Å². The summed E-state index contributed by atoms with van der Waals surface area (Å²) in [5.74, 6) is 0.999. The number of hydrogen-bond acceptors (Lipinski definition) is 5. The van der Waals surface area contributed by atoms with Gasteiger partial charge in [-0.05, 0) is 39.1 Å². The van der Waals surface area contributed by atoms with Crippen LogP contribution in [0, 0.1) is 0 Å². The van der Waals surface area contributed by atoms with Crippen LogP contribution < -0.4 is 10.2 Å². The first-order valence-electron chi connectivity index (χ1n) is 7.19. The summed E-state index contributed by atoms with van der Waals surface area (Å²) in [6.07, 6.45) is 1.14. The van der Waals surface area contributed by atoms with Crippen molar-refractivity contribution in [1.82, 2.24) is 20.4 Å². The molecule has 2 rings (SSSR count). The van der Waals surface area contributed by atoms with Crippen molar-refractivity contribution < 1.29 is 0 Å². The van der Waals surface area contributed by atoms with Crippen LogP contribution >= 0.6 is 0 Å². The van der Waals surface area contributed by atoms with Crippen LogP contribution in [-0.4, -0.2) is 54.4 Å². The quantitative estimate of drug-likeness (QED) is 0.807. The summed E-state index contributed by atoms with van der Waals surface area (Å²) < 4.78 is 0. The van der Waals surface area contributed by atoms with Crippen LogP contribution in [0.1, 0.15) is 26.0 Å². The van der Waals surface area contributed by atoms with Crippen LogP contribution in [0.25, 0.3) is 0 Å². The fourth-order valence-electron chi connectivity index (χ4n) is 2.27. The topological polar surface area (TPSA) is 44.3 Å². The third-order valence-corrected chi connectivity index (χ3v) is 3.72. The molecule has 106 valence electrons. The van der Waals surface area contributed by atoms with Gasteiger partial charge in [-0.15, -0.1) is 5.10 Å². The fraction of sp³-hybridized carbons (Fsp3) is 0.714. The Hall–Kier alpha value is -1.20. The summed E-state index contributed by atoms with van der Waals surface area (Å²) in [5.41, 5.74) is 1.01. The Balaban J connectivity index is 1.91. The van der Waals surface area contributed by atoms with Gasteiger partial charge in [0.25, 0.3) is 0 Å². The molecule has 1 aliphatic heterocycles. The molecule has 0 aliphatic carbocycles. The lowest BCUT2D eigenvalue weighted by Crippen LogP contribution is -2.50. The summed E-state index contributed by atoms with van der Waals surface area (Å²) in [7, 11) is 2.18. The van der Waals surface area contributed by atoms with Gasteiger partial charge in [0.05, 0.1) is 5.69 Å². The summed E-state index contributed by atoms with van der Waals surface area (Å²) >= 11 is 0. The molecule has 1 aromatic heterocycles. The molecule has 1 atom stereocenters. The fourth-order valence-corrected chi connectivity index (χ4v) is 2.27. The van der Waals surface area contributed by atoms with E-state index in [4.69, 9.17) is 0 Å². The van der Waals surface area contributed by atoms with Crippen molar-refractivity contribution in [1.29, 1.82) is 0 Å². The minimum atomic E-state index is 0.571. The highest BCUT2D eigenvalue weighted by atomic mass is 15.3. The van der Waals surface area contributed by atoms with Crippen LogP contribution in [-0.2, 0) is 6.54 Å². The normalized spacial score (nSPS) is 20.8. The molecule has 0 amide bonds. The molecule has 1 N–H and O–H groups in total. The Labute approximate surface area is 116 Å². The Morgan fingerprint density at radius 1 is 1.32 bits per heavy atom. The minimum absolute atomic E-state index is 0.571. The number of piperazine rings is 1. The zero-order valence-corrected chi connectivity index (χ0v) is 12.3. The van der Waals surface area contributed by atoms with Crippen molar-refractivity contribution in [2.45, 2.75) is 32.9 Å². The van der Waals surface area contributed by atoms with Crippen molar-refractivity contribution in [2.75, 3.05) is 38.1 Å². The first-order valence-corrected chi connectivity index (χ1v) is 7.19. The second-order valence-electron chi connectivity index (χ2n) is 5.34. The predicted octanol–water partition coefficient (Wildman–Crippen LogP) is 1.12. The van der Waals surface area contributed by atoms with Crippen molar-refractivity contribution >= 4 is 5.82 Å². The monoisotopic (exact) mass is 263 g/mol. The van der Waals surface area contributed by atoms with E-state index in [1.807, 2.05) is 0 Å². The standard InChI is InChI=1S/C14H25N5/c1-4-7-15-10-13-5-6-14(17-16-13)19-9-8-18(3)12(2)11-19/h5-6,12,15H,4,7-11H2,1-3H3. The van der Waals surface area contributed by atoms with Crippen LogP contribution in [0.2, 0.25) is 0 Å². The van der Waals surface area contributed by atoms with Gasteiger partial charge in [-0.25, -0.2) is 0 Å². The number of likely N-dealkylation sites (N-methyl/N-ethyl adjacent to an activating group) is 1. The van der Waals surface area contributed by atoms with Gasteiger partial charge in [-0.1, -0.05) is 6.92 Å². The predicted molar refractivity (Wildman–Crippen MR) is 78.3 cm³/mol. The lowest BCUT2D eigenvalue weighted by molar-refractivity contribution is 0.233. The maximum atomic E-state index is 4.36. The molecule has 19 heavy (non-hydrogen) atoms. The SMILES string of the molecule is CCCNCc1ccc(N2CCN(C)C(C)C2)nn1. The summed E-state index contributed by atoms with van der Waals surface area (Å²) in [6, 6.07) is 4.74. The van der Waals surface area contributed by atoms with E-state index in [0.717, 1.165) is 50.7 Å². The van der Waals surface area contributed by atoms with Gasteiger partial charge in [-0.2, -0.15) is 5.10 Å². The van der Waals surface area contributed by atoms with E-state index < -0.39 is 0 Å². The summed E-state index contributed by atoms with van der Waals surface area (Å²) in [5, 5.41) is 12.0. The molecule has 0 spiro atoms. The molecule has 1 aliphatic rings. The average molecular weight is 263 g/mol. The van der Waals surface area contributed by atoms with Gasteiger partial charge in [0.15, 0.2) is 5.82 Å². The van der Waals surface area contributed by atoms with E-state index in [0.29, 0.717) is 6.04 Å². The van der Waals surface area contributed by atoms with Gasteiger partial charge < -0.3 is 15.1 Å². The van der Waals surface area contributed by atoms with Gasteiger partial charge in [-0.3, -0.25) is 0 Å². The first kappa shape index (κ1) is 14.2. The van der Waals surface area contributed by atoms with E-state index >= 15 is 0 Å². The highest BCUT2D eigenvalue weighted by Crippen LogP contribution is 2.15. The van der Waals surface area contributed by atoms with E-state index in [9.17, 15) is 0 Å². The highest BCUT2D eigenvalue weighted by Gasteiger charge is 2.21. The molecule has 0 bridgehead atoms. The number of nitrogens with zero attached hydrogens (tertiary/aromatic N) is 4. The van der Waals surface area contributed by atoms with Crippen LogP contribution in [0.4, 0.5) is 5.82 Å². The smallest absolute Gasteiger partial charge is 0.151 e. The molecule has 0 radical (unpaired) electrons. The molecule has 5 heteroatoms.